The topological polar surface area (TPSA) is 47.6 Å². The van der Waals surface area contributed by atoms with Crippen molar-refractivity contribution in [2.45, 2.75) is 26.0 Å². The molecule has 6 heteroatoms. The van der Waals surface area contributed by atoms with E-state index in [0.717, 1.165) is 5.56 Å². The monoisotopic (exact) mass is 273 g/mol. The molecular formula is C13H17F2NO3. The van der Waals surface area contributed by atoms with Crippen LogP contribution >= 0.6 is 0 Å². The van der Waals surface area contributed by atoms with Crippen molar-refractivity contribution in [1.82, 2.24) is 5.32 Å². The molecular weight excluding hydrogens is 256 g/mol. The van der Waals surface area contributed by atoms with E-state index in [1.165, 1.54) is 12.1 Å². The van der Waals surface area contributed by atoms with Gasteiger partial charge in [0.15, 0.2) is 0 Å². The van der Waals surface area contributed by atoms with E-state index in [9.17, 15) is 13.6 Å². The van der Waals surface area contributed by atoms with Crippen LogP contribution in [0.25, 0.3) is 0 Å². The van der Waals surface area contributed by atoms with E-state index >= 15 is 0 Å². The van der Waals surface area contributed by atoms with Crippen LogP contribution in [0.15, 0.2) is 24.3 Å². The number of alkyl halides is 2. The third-order valence-corrected chi connectivity index (χ3v) is 2.34. The average molecular weight is 273 g/mol. The first-order valence-electron chi connectivity index (χ1n) is 5.83. The van der Waals surface area contributed by atoms with Gasteiger partial charge in [0.2, 0.25) is 5.91 Å². The summed E-state index contributed by atoms with van der Waals surface area (Å²) in [6.45, 7) is -0.572. The van der Waals surface area contributed by atoms with Gasteiger partial charge in [0.1, 0.15) is 5.75 Å². The summed E-state index contributed by atoms with van der Waals surface area (Å²) in [5.74, 6) is -0.0704. The predicted octanol–water partition coefficient (Wildman–Crippen LogP) is 1.98. The van der Waals surface area contributed by atoms with Gasteiger partial charge in [-0.2, -0.15) is 8.78 Å². The lowest BCUT2D eigenvalue weighted by atomic mass is 10.1. The zero-order valence-corrected chi connectivity index (χ0v) is 10.9. The zero-order valence-electron chi connectivity index (χ0n) is 10.9. The van der Waals surface area contributed by atoms with Crippen molar-refractivity contribution >= 4 is 5.91 Å². The van der Waals surface area contributed by atoms with Crippen LogP contribution in [0.4, 0.5) is 8.78 Å². The highest BCUT2D eigenvalue weighted by molar-refractivity contribution is 5.78. The van der Waals surface area contributed by atoms with Gasteiger partial charge < -0.3 is 14.8 Å². The molecule has 1 rings (SSSR count). The number of carbonyl (C=O) groups is 1. The quantitative estimate of drug-likeness (QED) is 0.826. The van der Waals surface area contributed by atoms with E-state index in [-0.39, 0.29) is 24.1 Å². The van der Waals surface area contributed by atoms with Gasteiger partial charge >= 0.3 is 6.61 Å². The number of benzene rings is 1. The van der Waals surface area contributed by atoms with Crippen molar-refractivity contribution in [3.05, 3.63) is 29.8 Å². The molecule has 0 saturated carbocycles. The van der Waals surface area contributed by atoms with Crippen LogP contribution in [0, 0.1) is 0 Å². The maximum atomic E-state index is 11.9. The number of amides is 1. The first-order chi connectivity index (χ1) is 9.01. The molecule has 4 nitrogen and oxygen atoms in total. The molecule has 1 aromatic carbocycles. The van der Waals surface area contributed by atoms with Gasteiger partial charge in [0, 0.05) is 13.2 Å². The second-order valence-electron chi connectivity index (χ2n) is 4.12. The Bertz CT molecular complexity index is 395. The number of carbonyl (C=O) groups excluding carboxylic acids is 1. The normalized spacial score (nSPS) is 12.3. The second-order valence-corrected chi connectivity index (χ2v) is 4.12. The smallest absolute Gasteiger partial charge is 0.387 e. The van der Waals surface area contributed by atoms with Crippen molar-refractivity contribution in [2.24, 2.45) is 0 Å². The van der Waals surface area contributed by atoms with E-state index in [1.807, 2.05) is 6.92 Å². The molecule has 0 aliphatic heterocycles. The van der Waals surface area contributed by atoms with Crippen molar-refractivity contribution in [3.63, 3.8) is 0 Å². The highest BCUT2D eigenvalue weighted by Gasteiger charge is 2.09. The number of halogens is 2. The Labute approximate surface area is 110 Å². The van der Waals surface area contributed by atoms with Gasteiger partial charge in [-0.05, 0) is 24.6 Å². The average Bonchev–Trinajstić information content (AvgIpc) is 2.31. The van der Waals surface area contributed by atoms with Gasteiger partial charge in [0.05, 0.1) is 13.0 Å². The Kier molecular flexibility index (Phi) is 6.21. The maximum absolute atomic E-state index is 11.9. The maximum Gasteiger partial charge on any atom is 0.387 e. The van der Waals surface area contributed by atoms with Gasteiger partial charge in [-0.3, -0.25) is 4.79 Å². The number of hydrogen-bond donors (Lipinski definition) is 1. The van der Waals surface area contributed by atoms with Crippen LogP contribution in [0.1, 0.15) is 12.5 Å². The Morgan fingerprint density at radius 2 is 1.95 bits per heavy atom. The summed E-state index contributed by atoms with van der Waals surface area (Å²) in [6.07, 6.45) is 0.184. The van der Waals surface area contributed by atoms with Gasteiger partial charge in [-0.1, -0.05) is 12.1 Å². The summed E-state index contributed by atoms with van der Waals surface area (Å²) in [4.78, 5) is 11.6. The first-order valence-corrected chi connectivity index (χ1v) is 5.83. The molecule has 0 aliphatic rings. The molecule has 1 N–H and O–H groups in total. The summed E-state index contributed by atoms with van der Waals surface area (Å²) in [5.41, 5.74) is 0.726. The Balaban J connectivity index is 2.46. The third-order valence-electron chi connectivity index (χ3n) is 2.34. The lowest BCUT2D eigenvalue weighted by Gasteiger charge is -2.12. The van der Waals surface area contributed by atoms with Crippen molar-refractivity contribution in [3.8, 4) is 5.75 Å². The fraction of sp³-hybridized carbons (Fsp3) is 0.462. The highest BCUT2D eigenvalue weighted by atomic mass is 19.3. The van der Waals surface area contributed by atoms with Crippen LogP contribution in [0.2, 0.25) is 0 Å². The zero-order chi connectivity index (χ0) is 14.3. The Morgan fingerprint density at radius 3 is 2.47 bits per heavy atom. The van der Waals surface area contributed by atoms with Crippen molar-refractivity contribution < 1.29 is 23.0 Å². The summed E-state index contributed by atoms with van der Waals surface area (Å²) in [7, 11) is 1.56. The van der Waals surface area contributed by atoms with E-state index in [2.05, 4.69) is 10.1 Å². The van der Waals surface area contributed by atoms with Gasteiger partial charge in [0.25, 0.3) is 0 Å². The molecule has 1 unspecified atom stereocenters. The minimum Gasteiger partial charge on any atom is -0.435 e. The summed E-state index contributed by atoms with van der Waals surface area (Å²) in [5, 5.41) is 2.76. The SMILES string of the molecule is COCC(C)NC(=O)Cc1ccc(OC(F)F)cc1. The number of rotatable bonds is 7. The third kappa shape index (κ3) is 6.15. The lowest BCUT2D eigenvalue weighted by Crippen LogP contribution is -2.36. The molecule has 0 aliphatic carbocycles. The number of nitrogens with one attached hydrogen (secondary N) is 1. The molecule has 19 heavy (non-hydrogen) atoms. The number of hydrogen-bond acceptors (Lipinski definition) is 3. The number of methoxy groups -OCH3 is 1. The molecule has 0 heterocycles. The van der Waals surface area contributed by atoms with Crippen LogP contribution in [0.5, 0.6) is 5.75 Å². The summed E-state index contributed by atoms with van der Waals surface area (Å²) in [6, 6.07) is 5.91. The fourth-order valence-corrected chi connectivity index (χ4v) is 1.59. The minimum absolute atomic E-state index is 0.0704. The molecule has 0 radical (unpaired) electrons. The summed E-state index contributed by atoms with van der Waals surface area (Å²) >= 11 is 0. The molecule has 1 aromatic rings. The van der Waals surface area contributed by atoms with Crippen molar-refractivity contribution in [2.75, 3.05) is 13.7 Å². The van der Waals surface area contributed by atoms with Crippen LogP contribution < -0.4 is 10.1 Å². The number of ether oxygens (including phenoxy) is 2. The van der Waals surface area contributed by atoms with E-state index in [1.54, 1.807) is 19.2 Å². The van der Waals surface area contributed by atoms with Crippen LogP contribution in [-0.2, 0) is 16.0 Å². The molecule has 0 bridgehead atoms. The molecule has 1 amide bonds. The Hall–Kier alpha value is -1.69. The minimum atomic E-state index is -2.84. The van der Waals surface area contributed by atoms with Crippen molar-refractivity contribution in [1.29, 1.82) is 0 Å². The second kappa shape index (κ2) is 7.68. The molecule has 0 spiro atoms. The van der Waals surface area contributed by atoms with Crippen LogP contribution in [0.3, 0.4) is 0 Å². The highest BCUT2D eigenvalue weighted by Crippen LogP contribution is 2.15. The van der Waals surface area contributed by atoms with E-state index < -0.39 is 6.61 Å². The molecule has 106 valence electrons. The van der Waals surface area contributed by atoms with E-state index in [4.69, 9.17) is 4.74 Å². The molecule has 0 saturated heterocycles. The van der Waals surface area contributed by atoms with Gasteiger partial charge in [-0.15, -0.1) is 0 Å². The molecule has 0 aromatic heterocycles. The largest absolute Gasteiger partial charge is 0.435 e. The standard InChI is InChI=1S/C13H17F2NO3/c1-9(8-18-2)16-12(17)7-10-3-5-11(6-4-10)19-13(14)15/h3-6,9,13H,7-8H2,1-2H3,(H,16,17). The van der Waals surface area contributed by atoms with E-state index in [0.29, 0.717) is 6.61 Å². The summed E-state index contributed by atoms with van der Waals surface area (Å²) < 4.78 is 33.0. The predicted molar refractivity (Wildman–Crippen MR) is 66.3 cm³/mol. The lowest BCUT2D eigenvalue weighted by molar-refractivity contribution is -0.121. The molecule has 0 fully saturated rings. The fourth-order valence-electron chi connectivity index (χ4n) is 1.59. The van der Waals surface area contributed by atoms with Crippen LogP contribution in [-0.4, -0.2) is 32.3 Å². The van der Waals surface area contributed by atoms with Gasteiger partial charge in [-0.25, -0.2) is 0 Å². The first kappa shape index (κ1) is 15.4. The Morgan fingerprint density at radius 1 is 1.32 bits per heavy atom. The molecule has 1 atom stereocenters.